The van der Waals surface area contributed by atoms with Crippen LogP contribution in [0.3, 0.4) is 0 Å². The highest BCUT2D eigenvalue weighted by molar-refractivity contribution is 7.80. The number of para-hydroxylation sites is 1. The Bertz CT molecular complexity index is 1140. The number of thiocarbonyl (C=S) groups is 1. The molecule has 6 nitrogen and oxygen atoms in total. The molecule has 1 aromatic heterocycles. The molecule has 0 bridgehead atoms. The van der Waals surface area contributed by atoms with Crippen LogP contribution >= 0.6 is 23.8 Å². The summed E-state index contributed by atoms with van der Waals surface area (Å²) in [6, 6.07) is 20.1. The highest BCUT2D eigenvalue weighted by Crippen LogP contribution is 2.23. The van der Waals surface area contributed by atoms with Crippen LogP contribution in [0.15, 0.2) is 65.7 Å². The number of halogens is 1. The lowest BCUT2D eigenvalue weighted by atomic mass is 9.90. The average molecular weight is 493 g/mol. The Morgan fingerprint density at radius 3 is 2.32 bits per heavy atom. The summed E-state index contributed by atoms with van der Waals surface area (Å²) in [5.41, 5.74) is 3.91. The molecule has 3 aromatic rings. The van der Waals surface area contributed by atoms with Gasteiger partial charge in [0.05, 0.1) is 10.7 Å². The van der Waals surface area contributed by atoms with Crippen molar-refractivity contribution >= 4 is 46.5 Å². The Hall–Kier alpha value is -3.03. The number of aryl methyl sites for hydroxylation is 2. The van der Waals surface area contributed by atoms with Crippen molar-refractivity contribution in [1.29, 1.82) is 0 Å². The van der Waals surface area contributed by atoms with Gasteiger partial charge >= 0.3 is 0 Å². The van der Waals surface area contributed by atoms with E-state index < -0.39 is 0 Å². The van der Waals surface area contributed by atoms with Gasteiger partial charge in [-0.25, -0.2) is 9.97 Å². The molecule has 2 heterocycles. The van der Waals surface area contributed by atoms with Crippen LogP contribution in [0.2, 0.25) is 5.02 Å². The monoisotopic (exact) mass is 492 g/mol. The molecule has 0 atom stereocenters. The lowest BCUT2D eigenvalue weighted by molar-refractivity contribution is 0.265. The number of anilines is 2. The second-order valence-electron chi connectivity index (χ2n) is 8.56. The summed E-state index contributed by atoms with van der Waals surface area (Å²) in [6.07, 6.45) is 3.25. The first kappa shape index (κ1) is 24.1. The number of aliphatic imine (C=N–C) groups is 1. The van der Waals surface area contributed by atoms with Gasteiger partial charge in [-0.3, -0.25) is 5.32 Å². The highest BCUT2D eigenvalue weighted by atomic mass is 35.5. The fourth-order valence-electron chi connectivity index (χ4n) is 4.16. The molecule has 176 valence electrons. The number of benzene rings is 2. The maximum atomic E-state index is 6.28. The molecule has 1 fully saturated rings. The minimum absolute atomic E-state index is 0.325. The topological polar surface area (TPSA) is 65.4 Å². The maximum absolute atomic E-state index is 6.28. The van der Waals surface area contributed by atoms with Crippen LogP contribution in [-0.2, 0) is 6.42 Å². The van der Waals surface area contributed by atoms with E-state index in [0.29, 0.717) is 28.0 Å². The zero-order valence-electron chi connectivity index (χ0n) is 19.5. The molecule has 0 saturated carbocycles. The largest absolute Gasteiger partial charge is 0.342 e. The number of rotatable bonds is 4. The van der Waals surface area contributed by atoms with Crippen molar-refractivity contribution < 1.29 is 0 Å². The van der Waals surface area contributed by atoms with Crippen molar-refractivity contribution in [2.24, 2.45) is 10.9 Å². The lowest BCUT2D eigenvalue weighted by Gasteiger charge is -2.34. The molecule has 1 saturated heterocycles. The summed E-state index contributed by atoms with van der Waals surface area (Å²) < 4.78 is 0. The number of piperidine rings is 1. The molecular weight excluding hydrogens is 464 g/mol. The zero-order chi connectivity index (χ0) is 23.9. The van der Waals surface area contributed by atoms with Gasteiger partial charge in [0.15, 0.2) is 0 Å². The molecule has 2 N–H and O–H groups in total. The molecule has 2 aromatic carbocycles. The first-order chi connectivity index (χ1) is 16.5. The summed E-state index contributed by atoms with van der Waals surface area (Å²) in [5, 5.41) is 7.37. The third-order valence-electron chi connectivity index (χ3n) is 5.81. The van der Waals surface area contributed by atoms with Gasteiger partial charge in [0.1, 0.15) is 0 Å². The Morgan fingerprint density at radius 2 is 1.65 bits per heavy atom. The number of hydrogen-bond donors (Lipinski definition) is 2. The molecule has 0 unspecified atom stereocenters. The van der Waals surface area contributed by atoms with Crippen molar-refractivity contribution in [1.82, 2.24) is 14.9 Å². The summed E-state index contributed by atoms with van der Waals surface area (Å²) in [7, 11) is 0. The standard InChI is InChI=1S/C26H29ClN6S/c1-18-16-19(2)29-24(28-18)31-25(32-26(34)30-23-11-7-6-10-22(23)27)33-14-12-21(13-15-33)17-20-8-4-3-5-9-20/h3-11,16,21H,12-15,17H2,1-2H3,(H2,28,29,30,31,32,34). The fourth-order valence-corrected chi connectivity index (χ4v) is 4.54. The normalized spacial score (nSPS) is 14.7. The molecule has 0 amide bonds. The Labute approximate surface area is 211 Å². The number of nitrogens with zero attached hydrogens (tertiary/aromatic N) is 4. The molecule has 0 spiro atoms. The van der Waals surface area contributed by atoms with Crippen LogP contribution in [0.4, 0.5) is 11.6 Å². The number of nitrogens with one attached hydrogen (secondary N) is 2. The van der Waals surface area contributed by atoms with Crippen LogP contribution < -0.4 is 10.6 Å². The molecule has 34 heavy (non-hydrogen) atoms. The second-order valence-corrected chi connectivity index (χ2v) is 9.36. The van der Waals surface area contributed by atoms with E-state index in [9.17, 15) is 0 Å². The van der Waals surface area contributed by atoms with E-state index >= 15 is 0 Å². The third-order valence-corrected chi connectivity index (χ3v) is 6.33. The van der Waals surface area contributed by atoms with E-state index in [0.717, 1.165) is 49.4 Å². The van der Waals surface area contributed by atoms with E-state index in [1.807, 2.05) is 44.2 Å². The average Bonchev–Trinajstić information content (AvgIpc) is 2.81. The molecular formula is C26H29ClN6S. The summed E-state index contributed by atoms with van der Waals surface area (Å²) in [6.45, 7) is 5.66. The Kier molecular flexibility index (Phi) is 8.08. The molecule has 0 aliphatic carbocycles. The third kappa shape index (κ3) is 6.74. The van der Waals surface area contributed by atoms with Gasteiger partial charge in [-0.05, 0) is 75.0 Å². The molecule has 4 rings (SSSR count). The van der Waals surface area contributed by atoms with E-state index in [1.165, 1.54) is 5.56 Å². The number of aromatic nitrogens is 2. The second kappa shape index (κ2) is 11.4. The van der Waals surface area contributed by atoms with Crippen molar-refractivity contribution in [3.63, 3.8) is 0 Å². The van der Waals surface area contributed by atoms with Gasteiger partial charge < -0.3 is 10.2 Å². The fraction of sp³-hybridized carbons (Fsp3) is 0.308. The van der Waals surface area contributed by atoms with Gasteiger partial charge in [-0.1, -0.05) is 54.1 Å². The minimum atomic E-state index is 0.325. The van der Waals surface area contributed by atoms with Crippen LogP contribution in [0.1, 0.15) is 29.8 Å². The van der Waals surface area contributed by atoms with E-state index in [1.54, 1.807) is 0 Å². The highest BCUT2D eigenvalue weighted by Gasteiger charge is 2.23. The van der Waals surface area contributed by atoms with E-state index in [-0.39, 0.29) is 0 Å². The van der Waals surface area contributed by atoms with Gasteiger partial charge in [0.2, 0.25) is 17.0 Å². The van der Waals surface area contributed by atoms with E-state index in [4.69, 9.17) is 28.8 Å². The first-order valence-corrected chi connectivity index (χ1v) is 12.3. The molecule has 8 heteroatoms. The Morgan fingerprint density at radius 1 is 1.00 bits per heavy atom. The number of guanidine groups is 1. The predicted molar refractivity (Wildman–Crippen MR) is 145 cm³/mol. The summed E-state index contributed by atoms with van der Waals surface area (Å²) in [4.78, 5) is 16.0. The zero-order valence-corrected chi connectivity index (χ0v) is 21.0. The van der Waals surface area contributed by atoms with Crippen LogP contribution in [0.5, 0.6) is 0 Å². The summed E-state index contributed by atoms with van der Waals surface area (Å²) >= 11 is 11.8. The van der Waals surface area contributed by atoms with Crippen molar-refractivity contribution in [2.45, 2.75) is 33.1 Å². The van der Waals surface area contributed by atoms with Crippen LogP contribution in [0.25, 0.3) is 0 Å². The van der Waals surface area contributed by atoms with Crippen LogP contribution in [0, 0.1) is 19.8 Å². The Balaban J connectivity index is 1.49. The quantitative estimate of drug-likeness (QED) is 0.270. The first-order valence-electron chi connectivity index (χ1n) is 11.5. The van der Waals surface area contributed by atoms with Crippen molar-refractivity contribution in [3.8, 4) is 0 Å². The minimum Gasteiger partial charge on any atom is -0.342 e. The van der Waals surface area contributed by atoms with Gasteiger partial charge in [0, 0.05) is 24.5 Å². The van der Waals surface area contributed by atoms with Gasteiger partial charge in [0.25, 0.3) is 0 Å². The van der Waals surface area contributed by atoms with Gasteiger partial charge in [-0.2, -0.15) is 4.99 Å². The predicted octanol–water partition coefficient (Wildman–Crippen LogP) is 5.87. The smallest absolute Gasteiger partial charge is 0.229 e. The van der Waals surface area contributed by atoms with Gasteiger partial charge in [-0.15, -0.1) is 0 Å². The number of likely N-dealkylation sites (tertiary alicyclic amines) is 1. The summed E-state index contributed by atoms with van der Waals surface area (Å²) in [5.74, 6) is 1.81. The van der Waals surface area contributed by atoms with E-state index in [2.05, 4.69) is 55.8 Å². The van der Waals surface area contributed by atoms with Crippen molar-refractivity contribution in [2.75, 3.05) is 23.7 Å². The van der Waals surface area contributed by atoms with Crippen molar-refractivity contribution in [3.05, 3.63) is 82.6 Å². The molecule has 1 aliphatic heterocycles. The maximum Gasteiger partial charge on any atom is 0.229 e. The lowest BCUT2D eigenvalue weighted by Crippen LogP contribution is -2.43. The SMILES string of the molecule is Cc1cc(C)nc(N/C(=N/C(=S)Nc2ccccc2Cl)N2CCC(Cc3ccccc3)CC2)n1. The van der Waals surface area contributed by atoms with Crippen LogP contribution in [-0.4, -0.2) is 39.0 Å². The molecule has 0 radical (unpaired) electrons. The number of hydrogen-bond acceptors (Lipinski definition) is 3. The molecule has 1 aliphatic rings.